The Hall–Kier alpha value is 0.230. The topological polar surface area (TPSA) is 187 Å². The molecule has 5 atom stereocenters. The van der Waals surface area contributed by atoms with E-state index in [4.69, 9.17) is 15.3 Å². The molecule has 0 radical (unpaired) electrons. The van der Waals surface area contributed by atoms with Crippen LogP contribution in [-0.4, -0.2) is 40.5 Å². The summed E-state index contributed by atoms with van der Waals surface area (Å²) in [7, 11) is -8.48. The summed E-state index contributed by atoms with van der Waals surface area (Å²) in [5, 5.41) is 30.1. The fourth-order valence-electron chi connectivity index (χ4n) is 1.92. The first-order valence-corrected chi connectivity index (χ1v) is 12.0. The fourth-order valence-corrected chi connectivity index (χ4v) is 6.35. The first-order chi connectivity index (χ1) is 10.6. The van der Waals surface area contributed by atoms with E-state index in [1.165, 1.54) is 0 Å². The molecule has 1 aliphatic rings. The summed E-state index contributed by atoms with van der Waals surface area (Å²) in [5.41, 5.74) is 0. The van der Waals surface area contributed by atoms with Crippen LogP contribution < -0.4 is 9.79 Å². The van der Waals surface area contributed by atoms with Crippen LogP contribution in [-0.2, 0) is 32.8 Å². The summed E-state index contributed by atoms with van der Waals surface area (Å²) in [6, 6.07) is 0. The maximum atomic E-state index is 11.3. The second-order valence-electron chi connectivity index (χ2n) is 5.07. The van der Waals surface area contributed by atoms with Gasteiger partial charge in [-0.2, -0.15) is 0 Å². The van der Waals surface area contributed by atoms with Crippen LogP contribution in [0.2, 0.25) is 0 Å². The molecule has 138 valence electrons. The molecule has 1 saturated heterocycles. The Morgan fingerprint density at radius 3 is 2.26 bits per heavy atom. The number of hydrogen-bond donors (Lipinski definition) is 3. The normalized spacial score (nSPS) is 28.5. The first kappa shape index (κ1) is 21.3. The van der Waals surface area contributed by atoms with Gasteiger partial charge in [-0.1, -0.05) is 0 Å². The Morgan fingerprint density at radius 1 is 1.35 bits per heavy atom. The van der Waals surface area contributed by atoms with Gasteiger partial charge < -0.3 is 0 Å². The standard InChI is InChI=1S/C8H17O12P3.H2/c1-5(2)7-3-6(9)8(17-7)4-16-23(19-11,20-18-10,21(12)13)22(14)15;/h5-11H,3-4H2,1-2H3;1H. The minimum Gasteiger partial charge on any atom is 0 e. The molecular formula is C8H19O12P3. The number of hydrogen-bond acceptors (Lipinski definition) is 12. The van der Waals surface area contributed by atoms with E-state index >= 15 is 0 Å². The van der Waals surface area contributed by atoms with Crippen molar-refractivity contribution < 1.29 is 59.6 Å². The van der Waals surface area contributed by atoms with Crippen LogP contribution in [0, 0.1) is 5.92 Å². The minimum absolute atomic E-state index is 0. The van der Waals surface area contributed by atoms with Gasteiger partial charge in [0.1, 0.15) is 0 Å². The monoisotopic (exact) mass is 400 g/mol. The van der Waals surface area contributed by atoms with E-state index in [-0.39, 0.29) is 19.9 Å². The van der Waals surface area contributed by atoms with E-state index in [1.54, 1.807) is 0 Å². The molecule has 0 spiro atoms. The molecule has 1 rings (SSSR count). The van der Waals surface area contributed by atoms with Gasteiger partial charge in [-0.05, 0) is 0 Å². The molecule has 0 saturated carbocycles. The predicted molar refractivity (Wildman–Crippen MR) is 72.8 cm³/mol. The summed E-state index contributed by atoms with van der Waals surface area (Å²) in [6.45, 7) is -3.49. The molecule has 1 aliphatic heterocycles. The van der Waals surface area contributed by atoms with Gasteiger partial charge in [-0.3, -0.25) is 0 Å². The van der Waals surface area contributed by atoms with Gasteiger partial charge in [-0.15, -0.1) is 0 Å². The molecule has 0 bridgehead atoms. The maximum Gasteiger partial charge on any atom is 0 e. The third-order valence-corrected chi connectivity index (χ3v) is 13.0. The smallest absolute Gasteiger partial charge is 0 e. The summed E-state index contributed by atoms with van der Waals surface area (Å²) >= 11 is 0. The molecule has 23 heavy (non-hydrogen) atoms. The third-order valence-electron chi connectivity index (χ3n) is 3.30. The maximum absolute atomic E-state index is 11.3. The quantitative estimate of drug-likeness (QED) is 0.279. The Labute approximate surface area is 133 Å². The zero-order valence-corrected chi connectivity index (χ0v) is 14.8. The van der Waals surface area contributed by atoms with Crippen molar-refractivity contribution in [3.05, 3.63) is 0 Å². The van der Waals surface area contributed by atoms with Gasteiger partial charge in [0.05, 0.1) is 0 Å². The van der Waals surface area contributed by atoms with Crippen molar-refractivity contribution in [3.8, 4) is 0 Å². The van der Waals surface area contributed by atoms with Crippen molar-refractivity contribution in [2.24, 2.45) is 5.92 Å². The second kappa shape index (κ2) is 8.07. The summed E-state index contributed by atoms with van der Waals surface area (Å²) in [6.07, 6.45) is -2.33. The molecular weight excluding hydrogens is 381 g/mol. The van der Waals surface area contributed by atoms with Crippen LogP contribution in [0.3, 0.4) is 0 Å². The number of ether oxygens (including phenoxy) is 1. The van der Waals surface area contributed by atoms with E-state index in [9.17, 15) is 24.0 Å². The molecule has 1 fully saturated rings. The number of rotatable bonds is 9. The molecule has 0 aliphatic carbocycles. The van der Waals surface area contributed by atoms with Gasteiger partial charge >= 0.3 is 131 Å². The van der Waals surface area contributed by atoms with Crippen LogP contribution in [0.1, 0.15) is 21.7 Å². The molecule has 15 heteroatoms. The van der Waals surface area contributed by atoms with Crippen LogP contribution in [0.15, 0.2) is 0 Å². The van der Waals surface area contributed by atoms with Gasteiger partial charge in [0.25, 0.3) is 0 Å². The van der Waals surface area contributed by atoms with E-state index in [2.05, 4.69) is 18.9 Å². The zero-order chi connectivity index (χ0) is 17.9. The summed E-state index contributed by atoms with van der Waals surface area (Å²) in [4.78, 5) is 22.7. The van der Waals surface area contributed by atoms with Crippen molar-refractivity contribution >= 4 is 22.1 Å². The number of aliphatic hydroxyl groups excluding tert-OH is 1. The molecule has 0 aromatic carbocycles. The van der Waals surface area contributed by atoms with Crippen molar-refractivity contribution in [2.45, 2.75) is 38.6 Å². The van der Waals surface area contributed by atoms with Gasteiger partial charge in [0, 0.05) is 1.43 Å². The molecule has 0 aromatic heterocycles. The van der Waals surface area contributed by atoms with Crippen molar-refractivity contribution in [2.75, 3.05) is 6.61 Å². The van der Waals surface area contributed by atoms with E-state index in [0.29, 0.717) is 0 Å². The Morgan fingerprint density at radius 2 is 1.91 bits per heavy atom. The van der Waals surface area contributed by atoms with Crippen LogP contribution >= 0.6 is 22.1 Å². The summed E-state index contributed by atoms with van der Waals surface area (Å²) < 4.78 is 40.1. The van der Waals surface area contributed by atoms with Crippen LogP contribution in [0.5, 0.6) is 0 Å². The minimum atomic E-state index is -6.31. The third kappa shape index (κ3) is 3.91. The average Bonchev–Trinajstić information content (AvgIpc) is 2.85. The van der Waals surface area contributed by atoms with Crippen molar-refractivity contribution in [1.29, 1.82) is 0 Å². The van der Waals surface area contributed by atoms with Gasteiger partial charge in [-0.25, -0.2) is 0 Å². The Bertz CT molecular complexity index is 450. The molecule has 0 aromatic rings. The fraction of sp³-hybridized carbons (Fsp3) is 1.00. The van der Waals surface area contributed by atoms with Gasteiger partial charge in [0.15, 0.2) is 0 Å². The first-order valence-electron chi connectivity index (χ1n) is 6.27. The Balaban J connectivity index is 0.00000529. The van der Waals surface area contributed by atoms with Crippen molar-refractivity contribution in [3.63, 3.8) is 0 Å². The largest absolute Gasteiger partial charge is 0 e. The summed E-state index contributed by atoms with van der Waals surface area (Å²) in [5.74, 6) is 0.0308. The van der Waals surface area contributed by atoms with Crippen molar-refractivity contribution in [1.82, 2.24) is 0 Å². The van der Waals surface area contributed by atoms with E-state index in [1.807, 2.05) is 13.8 Å². The zero-order valence-electron chi connectivity index (χ0n) is 12.1. The molecule has 3 N–H and O–H groups in total. The predicted octanol–water partition coefficient (Wildman–Crippen LogP) is 0.668. The molecule has 5 unspecified atom stereocenters. The molecule has 0 amide bonds. The second-order valence-corrected chi connectivity index (χ2v) is 15.2. The van der Waals surface area contributed by atoms with Crippen LogP contribution in [0.4, 0.5) is 0 Å². The SMILES string of the molecule is CC(C)C1CC(O)C(COP(OO)(OOO)([P+](=O)[O-])[P+](=O)[O-])O1.[HH]. The number of aliphatic hydroxyl groups is 1. The molecule has 1 heterocycles. The van der Waals surface area contributed by atoms with E-state index in [0.717, 1.165) is 0 Å². The van der Waals surface area contributed by atoms with E-state index < -0.39 is 40.9 Å². The molecule has 12 nitrogen and oxygen atoms in total. The average molecular weight is 400 g/mol. The Kier molecular flexibility index (Phi) is 7.47. The van der Waals surface area contributed by atoms with Gasteiger partial charge in [0.2, 0.25) is 0 Å². The van der Waals surface area contributed by atoms with Crippen LogP contribution in [0.25, 0.3) is 0 Å².